The van der Waals surface area contributed by atoms with E-state index in [4.69, 9.17) is 9.84 Å². The van der Waals surface area contributed by atoms with Crippen molar-refractivity contribution in [3.63, 3.8) is 0 Å². The summed E-state index contributed by atoms with van der Waals surface area (Å²) in [5.41, 5.74) is 0. The number of carboxylic acid groups (broad SMARTS) is 1. The van der Waals surface area contributed by atoms with Crippen molar-refractivity contribution in [3.05, 3.63) is 24.3 Å². The van der Waals surface area contributed by atoms with E-state index in [1.165, 1.54) is 122 Å². The minimum atomic E-state index is -0.655. The maximum absolute atomic E-state index is 11.4. The van der Waals surface area contributed by atoms with Crippen LogP contribution >= 0.6 is 0 Å². The molecular formula is C37H70O4. The molecule has 242 valence electrons. The number of aliphatic carboxylic acids is 1. The van der Waals surface area contributed by atoms with Gasteiger partial charge in [0.15, 0.2) is 0 Å². The van der Waals surface area contributed by atoms with Crippen LogP contribution in [0.2, 0.25) is 0 Å². The maximum Gasteiger partial charge on any atom is 0.306 e. The molecule has 0 unspecified atom stereocenters. The lowest BCUT2D eigenvalue weighted by Gasteiger charge is -2.07. The van der Waals surface area contributed by atoms with E-state index in [1.807, 2.05) is 13.8 Å². The monoisotopic (exact) mass is 579 g/mol. The second-order valence-corrected chi connectivity index (χ2v) is 11.9. The van der Waals surface area contributed by atoms with E-state index in [0.717, 1.165) is 32.1 Å². The fourth-order valence-electron chi connectivity index (χ4n) is 4.70. The second kappa shape index (κ2) is 36.4. The molecule has 0 fully saturated rings. The van der Waals surface area contributed by atoms with E-state index >= 15 is 0 Å². The zero-order valence-corrected chi connectivity index (χ0v) is 27.9. The van der Waals surface area contributed by atoms with Gasteiger partial charge in [0, 0.05) is 12.8 Å². The number of unbranched alkanes of at least 4 members (excludes halogenated alkanes) is 20. The van der Waals surface area contributed by atoms with Gasteiger partial charge in [-0.1, -0.05) is 147 Å². The predicted molar refractivity (Wildman–Crippen MR) is 179 cm³/mol. The molecule has 0 spiro atoms. The minimum absolute atomic E-state index is 0.0143. The van der Waals surface area contributed by atoms with Crippen molar-refractivity contribution < 1.29 is 19.4 Å². The fraction of sp³-hybridized carbons (Fsp3) is 0.838. The summed E-state index contributed by atoms with van der Waals surface area (Å²) in [6.45, 7) is 8.30. The molecule has 0 radical (unpaired) electrons. The maximum atomic E-state index is 11.4. The molecule has 0 aliphatic rings. The molecule has 0 amide bonds. The van der Waals surface area contributed by atoms with Gasteiger partial charge in [-0.25, -0.2) is 0 Å². The number of esters is 1. The van der Waals surface area contributed by atoms with Gasteiger partial charge in [-0.05, 0) is 58.8 Å². The summed E-state index contributed by atoms with van der Waals surface area (Å²) >= 11 is 0. The summed E-state index contributed by atoms with van der Waals surface area (Å²) in [7, 11) is 0. The van der Waals surface area contributed by atoms with Gasteiger partial charge in [0.25, 0.3) is 0 Å². The van der Waals surface area contributed by atoms with E-state index in [-0.39, 0.29) is 12.1 Å². The highest BCUT2D eigenvalue weighted by Gasteiger charge is 2.04. The number of carboxylic acids is 1. The summed E-state index contributed by atoms with van der Waals surface area (Å²) in [4.78, 5) is 21.7. The standard InChI is InChI=1S/C21H38O2.C16H32O2/c1-4-5-6-7-8-9-10-11-12-13-14-15-16-17-18-19-21(22)23-20(2)3;1-2-3-4-5-6-7-8-9-10-11-12-13-14-15-16(17)18/h8-9,11-12,20H,4-7,10,13-19H2,1-3H3;2-15H2,1H3,(H,17,18)/b9-8-,12-11-;. The first-order valence-electron chi connectivity index (χ1n) is 17.6. The summed E-state index contributed by atoms with van der Waals surface area (Å²) in [5, 5.41) is 8.49. The lowest BCUT2D eigenvalue weighted by atomic mass is 10.0. The predicted octanol–water partition coefficient (Wildman–Crippen LogP) is 12.3. The third-order valence-corrected chi connectivity index (χ3v) is 7.19. The Morgan fingerprint density at radius 2 is 0.902 bits per heavy atom. The Balaban J connectivity index is 0. The number of rotatable bonds is 29. The Kier molecular flexibility index (Phi) is 36.9. The number of carbonyl (C=O) groups is 2. The highest BCUT2D eigenvalue weighted by atomic mass is 16.5. The Bertz CT molecular complexity index is 594. The molecule has 0 aliphatic carbocycles. The van der Waals surface area contributed by atoms with Gasteiger partial charge in [0.2, 0.25) is 0 Å². The Morgan fingerprint density at radius 1 is 0.537 bits per heavy atom. The molecule has 4 nitrogen and oxygen atoms in total. The molecule has 0 aromatic carbocycles. The fourth-order valence-corrected chi connectivity index (χ4v) is 4.70. The van der Waals surface area contributed by atoms with Crippen LogP contribution in [0.25, 0.3) is 0 Å². The first kappa shape index (κ1) is 41.6. The number of allylic oxidation sites excluding steroid dienone is 4. The number of hydrogen-bond acceptors (Lipinski definition) is 3. The zero-order valence-electron chi connectivity index (χ0n) is 27.9. The third kappa shape index (κ3) is 43.0. The second-order valence-electron chi connectivity index (χ2n) is 11.9. The highest BCUT2D eigenvalue weighted by molar-refractivity contribution is 5.69. The van der Waals surface area contributed by atoms with Crippen molar-refractivity contribution in [2.75, 3.05) is 0 Å². The van der Waals surface area contributed by atoms with Crippen LogP contribution in [0, 0.1) is 0 Å². The molecule has 0 atom stereocenters. The summed E-state index contributed by atoms with van der Waals surface area (Å²) in [6, 6.07) is 0. The molecule has 0 aromatic rings. The highest BCUT2D eigenvalue weighted by Crippen LogP contribution is 2.13. The molecular weight excluding hydrogens is 508 g/mol. The van der Waals surface area contributed by atoms with Gasteiger partial charge in [-0.15, -0.1) is 0 Å². The SMILES string of the molecule is CCCCC/C=C\C/C=C\CCCCCCCC(=O)OC(C)C.CCCCCCCCCCCCCCCC(=O)O. The zero-order chi connectivity index (χ0) is 30.7. The van der Waals surface area contributed by atoms with Crippen LogP contribution in [-0.4, -0.2) is 23.1 Å². The summed E-state index contributed by atoms with van der Waals surface area (Å²) in [6.07, 6.45) is 40.3. The van der Waals surface area contributed by atoms with E-state index in [1.54, 1.807) is 0 Å². The number of carbonyl (C=O) groups excluding carboxylic acids is 1. The quantitative estimate of drug-likeness (QED) is 0.0544. The topological polar surface area (TPSA) is 63.6 Å². The van der Waals surface area contributed by atoms with Crippen molar-refractivity contribution >= 4 is 11.9 Å². The van der Waals surface area contributed by atoms with E-state index in [0.29, 0.717) is 12.8 Å². The number of ether oxygens (including phenoxy) is 1. The van der Waals surface area contributed by atoms with Crippen LogP contribution in [0.15, 0.2) is 24.3 Å². The van der Waals surface area contributed by atoms with Crippen molar-refractivity contribution in [2.45, 2.75) is 201 Å². The van der Waals surface area contributed by atoms with Crippen molar-refractivity contribution in [1.29, 1.82) is 0 Å². The van der Waals surface area contributed by atoms with E-state index in [2.05, 4.69) is 38.2 Å². The molecule has 0 heterocycles. The van der Waals surface area contributed by atoms with Gasteiger partial charge >= 0.3 is 11.9 Å². The smallest absolute Gasteiger partial charge is 0.306 e. The largest absolute Gasteiger partial charge is 0.481 e. The van der Waals surface area contributed by atoms with E-state index < -0.39 is 5.97 Å². The van der Waals surface area contributed by atoms with Crippen molar-refractivity contribution in [2.24, 2.45) is 0 Å². The van der Waals surface area contributed by atoms with E-state index in [9.17, 15) is 9.59 Å². The van der Waals surface area contributed by atoms with Gasteiger partial charge < -0.3 is 9.84 Å². The molecule has 0 bridgehead atoms. The minimum Gasteiger partial charge on any atom is -0.481 e. The lowest BCUT2D eigenvalue weighted by Crippen LogP contribution is -2.10. The van der Waals surface area contributed by atoms with Gasteiger partial charge in [0.05, 0.1) is 6.10 Å². The number of hydrogen-bond donors (Lipinski definition) is 1. The molecule has 0 saturated heterocycles. The molecule has 1 N–H and O–H groups in total. The lowest BCUT2D eigenvalue weighted by molar-refractivity contribution is -0.147. The van der Waals surface area contributed by atoms with Crippen LogP contribution in [0.1, 0.15) is 195 Å². The van der Waals surface area contributed by atoms with Crippen LogP contribution in [0.5, 0.6) is 0 Å². The molecule has 0 rings (SSSR count). The van der Waals surface area contributed by atoms with Gasteiger partial charge in [0.1, 0.15) is 0 Å². The normalized spacial score (nSPS) is 11.3. The molecule has 4 heteroatoms. The van der Waals surface area contributed by atoms with Crippen molar-refractivity contribution in [1.82, 2.24) is 0 Å². The average molecular weight is 579 g/mol. The van der Waals surface area contributed by atoms with Crippen LogP contribution in [-0.2, 0) is 14.3 Å². The Hall–Kier alpha value is -1.58. The average Bonchev–Trinajstić information content (AvgIpc) is 2.93. The van der Waals surface area contributed by atoms with Gasteiger partial charge in [-0.2, -0.15) is 0 Å². The molecule has 41 heavy (non-hydrogen) atoms. The van der Waals surface area contributed by atoms with Crippen LogP contribution in [0.4, 0.5) is 0 Å². The van der Waals surface area contributed by atoms with Crippen LogP contribution in [0.3, 0.4) is 0 Å². The first-order chi connectivity index (χ1) is 19.9. The summed E-state index contributed by atoms with van der Waals surface area (Å²) < 4.78 is 5.12. The van der Waals surface area contributed by atoms with Crippen LogP contribution < -0.4 is 0 Å². The Morgan fingerprint density at radius 3 is 1.34 bits per heavy atom. The first-order valence-corrected chi connectivity index (χ1v) is 17.6. The summed E-state index contributed by atoms with van der Waals surface area (Å²) in [5.74, 6) is -0.705. The molecule has 0 aliphatic heterocycles. The van der Waals surface area contributed by atoms with Gasteiger partial charge in [-0.3, -0.25) is 9.59 Å². The molecule has 0 saturated carbocycles. The Labute approximate surface area is 256 Å². The van der Waals surface area contributed by atoms with Crippen molar-refractivity contribution in [3.8, 4) is 0 Å². The third-order valence-electron chi connectivity index (χ3n) is 7.19. The molecule has 0 aromatic heterocycles.